The highest BCUT2D eigenvalue weighted by Gasteiger charge is 2.55. The molecule has 1 aliphatic heterocycles. The van der Waals surface area contributed by atoms with E-state index in [4.69, 9.17) is 16.0 Å². The van der Waals surface area contributed by atoms with E-state index in [1.807, 2.05) is 30.3 Å². The number of rotatable bonds is 4. The van der Waals surface area contributed by atoms with Gasteiger partial charge >= 0.3 is 5.00 Å². The maximum Gasteiger partial charge on any atom is 0.302 e. The van der Waals surface area contributed by atoms with Crippen LogP contribution in [0.2, 0.25) is 5.02 Å². The second kappa shape index (κ2) is 8.37. The number of hydrogen-bond donors (Lipinski definition) is 0. The highest BCUT2D eigenvalue weighted by atomic mass is 79.9. The minimum absolute atomic E-state index is 0.141. The highest BCUT2D eigenvalue weighted by Crippen LogP contribution is 2.37. The SMILES string of the molecule is O=C(c1ccc(Br)c(Cl)c1)N1CCS(=O)(=O)[C@](F)(c2ncc(Cc3ccccc3)o2)C1. The van der Waals surface area contributed by atoms with Crippen molar-refractivity contribution in [2.24, 2.45) is 0 Å². The van der Waals surface area contributed by atoms with E-state index in [-0.39, 0.29) is 12.1 Å². The first-order chi connectivity index (χ1) is 14.7. The first-order valence-electron chi connectivity index (χ1n) is 9.34. The molecular formula is C21H17BrClFN2O4S. The number of carbonyl (C=O) groups is 1. The summed E-state index contributed by atoms with van der Waals surface area (Å²) in [7, 11) is -4.25. The van der Waals surface area contributed by atoms with E-state index >= 15 is 4.39 Å². The molecule has 1 aliphatic rings. The molecule has 3 aromatic rings. The predicted octanol–water partition coefficient (Wildman–Crippen LogP) is 4.37. The molecule has 1 fully saturated rings. The van der Waals surface area contributed by atoms with Crippen LogP contribution in [0.25, 0.3) is 0 Å². The minimum Gasteiger partial charge on any atom is -0.441 e. The molecule has 0 bridgehead atoms. The molecule has 1 atom stereocenters. The summed E-state index contributed by atoms with van der Waals surface area (Å²) in [5.74, 6) is -1.31. The molecule has 31 heavy (non-hydrogen) atoms. The van der Waals surface area contributed by atoms with Crippen molar-refractivity contribution in [1.29, 1.82) is 0 Å². The first kappa shape index (κ1) is 22.0. The van der Waals surface area contributed by atoms with E-state index in [2.05, 4.69) is 20.9 Å². The van der Waals surface area contributed by atoms with Crippen molar-refractivity contribution in [2.45, 2.75) is 11.4 Å². The largest absolute Gasteiger partial charge is 0.441 e. The zero-order valence-corrected chi connectivity index (χ0v) is 19.3. The zero-order chi connectivity index (χ0) is 22.2. The Morgan fingerprint density at radius 3 is 2.71 bits per heavy atom. The Kier molecular flexibility index (Phi) is 5.93. The third-order valence-corrected chi connectivity index (χ3v) is 8.31. The maximum absolute atomic E-state index is 15.9. The molecule has 0 aliphatic carbocycles. The van der Waals surface area contributed by atoms with Gasteiger partial charge in [-0.2, -0.15) is 0 Å². The monoisotopic (exact) mass is 526 g/mol. The number of aromatic nitrogens is 1. The van der Waals surface area contributed by atoms with Crippen LogP contribution in [0, 0.1) is 0 Å². The summed E-state index contributed by atoms with van der Waals surface area (Å²) in [6.07, 6.45) is 1.65. The van der Waals surface area contributed by atoms with Crippen molar-refractivity contribution in [3.63, 3.8) is 0 Å². The molecule has 162 valence electrons. The van der Waals surface area contributed by atoms with E-state index < -0.39 is 38.9 Å². The van der Waals surface area contributed by atoms with Crippen molar-refractivity contribution in [3.8, 4) is 0 Å². The van der Waals surface area contributed by atoms with Crippen LogP contribution < -0.4 is 0 Å². The molecule has 0 saturated carbocycles. The lowest BCUT2D eigenvalue weighted by Gasteiger charge is -2.35. The molecule has 0 radical (unpaired) electrons. The first-order valence-corrected chi connectivity index (χ1v) is 12.2. The van der Waals surface area contributed by atoms with E-state index in [1.54, 1.807) is 6.07 Å². The average Bonchev–Trinajstić information content (AvgIpc) is 3.21. The minimum atomic E-state index is -4.25. The summed E-state index contributed by atoms with van der Waals surface area (Å²) in [6.45, 7) is -0.856. The molecule has 1 saturated heterocycles. The molecule has 2 heterocycles. The summed E-state index contributed by atoms with van der Waals surface area (Å²) in [5.41, 5.74) is 1.14. The smallest absolute Gasteiger partial charge is 0.302 e. The van der Waals surface area contributed by atoms with Crippen LogP contribution in [0.4, 0.5) is 4.39 Å². The van der Waals surface area contributed by atoms with E-state index in [0.29, 0.717) is 21.7 Å². The number of sulfone groups is 1. The Morgan fingerprint density at radius 1 is 1.26 bits per heavy atom. The van der Waals surface area contributed by atoms with Crippen LogP contribution in [-0.2, 0) is 21.3 Å². The Balaban J connectivity index is 1.61. The van der Waals surface area contributed by atoms with E-state index in [0.717, 1.165) is 10.5 Å². The fourth-order valence-corrected chi connectivity index (χ4v) is 5.28. The standard InChI is InChI=1S/C21H17BrClFN2O4S/c22-17-7-6-15(11-18(17)23)19(27)26-8-9-31(28,29)21(24,13-26)20-25-12-16(30-20)10-14-4-2-1-3-5-14/h1-7,11-12H,8-10,13H2/t21-/m0/s1. The van der Waals surface area contributed by atoms with Crippen molar-refractivity contribution in [3.05, 3.63) is 87.0 Å². The third kappa shape index (κ3) is 4.26. The van der Waals surface area contributed by atoms with Gasteiger partial charge in [-0.1, -0.05) is 41.9 Å². The van der Waals surface area contributed by atoms with Crippen molar-refractivity contribution < 1.29 is 22.0 Å². The van der Waals surface area contributed by atoms with Crippen LogP contribution in [-0.4, -0.2) is 43.1 Å². The third-order valence-electron chi connectivity index (χ3n) is 5.07. The topological polar surface area (TPSA) is 80.5 Å². The molecule has 0 unspecified atom stereocenters. The molecule has 2 aromatic carbocycles. The Bertz CT molecular complexity index is 1240. The number of halogens is 3. The molecular weight excluding hydrogens is 511 g/mol. The highest BCUT2D eigenvalue weighted by molar-refractivity contribution is 9.10. The molecule has 1 aromatic heterocycles. The van der Waals surface area contributed by atoms with Gasteiger partial charge in [-0.05, 0) is 39.7 Å². The van der Waals surface area contributed by atoms with Gasteiger partial charge in [0.2, 0.25) is 5.89 Å². The molecule has 1 amide bonds. The van der Waals surface area contributed by atoms with Gasteiger partial charge in [-0.3, -0.25) is 4.79 Å². The number of alkyl halides is 1. The van der Waals surface area contributed by atoms with Crippen LogP contribution in [0.15, 0.2) is 63.6 Å². The van der Waals surface area contributed by atoms with Gasteiger partial charge in [-0.15, -0.1) is 0 Å². The average molecular weight is 528 g/mol. The molecule has 0 N–H and O–H groups in total. The normalized spacial score (nSPS) is 20.5. The summed E-state index contributed by atoms with van der Waals surface area (Å²) >= 11 is 9.30. The van der Waals surface area contributed by atoms with Crippen LogP contribution in [0.1, 0.15) is 27.6 Å². The fraction of sp³-hybridized carbons (Fsp3) is 0.238. The molecule has 10 heteroatoms. The van der Waals surface area contributed by atoms with Gasteiger partial charge in [0.05, 0.1) is 23.5 Å². The summed E-state index contributed by atoms with van der Waals surface area (Å²) in [4.78, 5) is 17.9. The van der Waals surface area contributed by atoms with Crippen LogP contribution in [0.3, 0.4) is 0 Å². The maximum atomic E-state index is 15.9. The zero-order valence-electron chi connectivity index (χ0n) is 16.1. The number of oxazole rings is 1. The van der Waals surface area contributed by atoms with Crippen molar-refractivity contribution >= 4 is 43.3 Å². The van der Waals surface area contributed by atoms with Gasteiger partial charge in [0.25, 0.3) is 5.91 Å². The Morgan fingerprint density at radius 2 is 2.00 bits per heavy atom. The Labute approximate surface area is 192 Å². The fourth-order valence-electron chi connectivity index (χ4n) is 3.36. The number of nitrogens with zero attached hydrogens (tertiary/aromatic N) is 2. The van der Waals surface area contributed by atoms with Crippen LogP contribution in [0.5, 0.6) is 0 Å². The number of benzene rings is 2. The lowest BCUT2D eigenvalue weighted by molar-refractivity contribution is 0.0633. The van der Waals surface area contributed by atoms with Gasteiger partial charge in [0.1, 0.15) is 5.76 Å². The van der Waals surface area contributed by atoms with Crippen molar-refractivity contribution in [2.75, 3.05) is 18.8 Å². The molecule has 0 spiro atoms. The Hall–Kier alpha value is -2.23. The number of carbonyl (C=O) groups excluding carboxylic acids is 1. The van der Waals surface area contributed by atoms with E-state index in [9.17, 15) is 13.2 Å². The summed E-state index contributed by atoms with van der Waals surface area (Å²) < 4.78 is 47.3. The quantitative estimate of drug-likeness (QED) is 0.503. The predicted molar refractivity (Wildman–Crippen MR) is 117 cm³/mol. The molecule has 4 rings (SSSR count). The number of amides is 1. The summed E-state index contributed by atoms with van der Waals surface area (Å²) in [5, 5.41) is -2.62. The number of hydrogen-bond acceptors (Lipinski definition) is 5. The second-order valence-electron chi connectivity index (χ2n) is 7.20. The summed E-state index contributed by atoms with van der Waals surface area (Å²) in [6, 6.07) is 13.9. The second-order valence-corrected chi connectivity index (χ2v) is 10.7. The van der Waals surface area contributed by atoms with E-state index in [1.165, 1.54) is 18.3 Å². The van der Waals surface area contributed by atoms with Crippen LogP contribution >= 0.6 is 27.5 Å². The van der Waals surface area contributed by atoms with Crippen molar-refractivity contribution in [1.82, 2.24) is 9.88 Å². The lowest BCUT2D eigenvalue weighted by Crippen LogP contribution is -2.53. The van der Waals surface area contributed by atoms with Gasteiger partial charge < -0.3 is 9.32 Å². The van der Waals surface area contributed by atoms with Gasteiger partial charge in [0.15, 0.2) is 9.84 Å². The lowest BCUT2D eigenvalue weighted by atomic mass is 10.1. The molecule has 6 nitrogen and oxygen atoms in total. The van der Waals surface area contributed by atoms with Gasteiger partial charge in [-0.25, -0.2) is 17.8 Å². The van der Waals surface area contributed by atoms with Gasteiger partial charge in [0, 0.05) is 23.0 Å².